The Morgan fingerprint density at radius 1 is 1.21 bits per heavy atom. The molecule has 0 aliphatic carbocycles. The Morgan fingerprint density at radius 2 is 2.00 bits per heavy atom. The number of carbonyl (C=O) groups is 1. The zero-order valence-corrected chi connectivity index (χ0v) is 16.5. The summed E-state index contributed by atoms with van der Waals surface area (Å²) in [6, 6.07) is 6.24. The average molecular weight is 410 g/mol. The van der Waals surface area contributed by atoms with E-state index in [1.165, 1.54) is 6.07 Å². The molecule has 2 aromatic rings. The summed E-state index contributed by atoms with van der Waals surface area (Å²) in [7, 11) is 0. The standard InChI is InChI=1S/C19H24FN5O2.ClH/c20-15-3-1-2-4-16(15)27-12-7-18(26)24-9-5-14(6-10-24)19-23-22-17-13-21-8-11-25(17)19;/h1-4,14,21H,5-13H2;1H. The van der Waals surface area contributed by atoms with Crippen LogP contribution in [0.3, 0.4) is 0 Å². The molecule has 3 heterocycles. The van der Waals surface area contributed by atoms with Gasteiger partial charge in [-0.3, -0.25) is 4.79 Å². The molecule has 4 rings (SSSR count). The molecule has 9 heteroatoms. The second-order valence-electron chi connectivity index (χ2n) is 6.99. The smallest absolute Gasteiger partial charge is 0.225 e. The van der Waals surface area contributed by atoms with E-state index in [4.69, 9.17) is 4.74 Å². The van der Waals surface area contributed by atoms with E-state index in [0.29, 0.717) is 19.0 Å². The van der Waals surface area contributed by atoms with Gasteiger partial charge in [-0.25, -0.2) is 4.39 Å². The van der Waals surface area contributed by atoms with Crippen LogP contribution in [0.15, 0.2) is 24.3 Å². The average Bonchev–Trinajstić information content (AvgIpc) is 3.14. The second-order valence-corrected chi connectivity index (χ2v) is 6.99. The Morgan fingerprint density at radius 3 is 2.79 bits per heavy atom. The SMILES string of the molecule is Cl.O=C(CCOc1ccccc1F)N1CCC(c2nnc3n2CCNC3)CC1. The Labute approximate surface area is 169 Å². The van der Waals surface area contributed by atoms with Gasteiger partial charge in [-0.05, 0) is 25.0 Å². The number of ether oxygens (including phenoxy) is 1. The number of rotatable bonds is 5. The Balaban J connectivity index is 0.00000225. The second kappa shape index (κ2) is 9.34. The van der Waals surface area contributed by atoms with Crippen LogP contribution in [0.2, 0.25) is 0 Å². The molecule has 28 heavy (non-hydrogen) atoms. The summed E-state index contributed by atoms with van der Waals surface area (Å²) in [4.78, 5) is 14.3. The molecule has 2 aliphatic heterocycles. The first kappa shape index (κ1) is 20.5. The number of hydrogen-bond donors (Lipinski definition) is 1. The van der Waals surface area contributed by atoms with Crippen LogP contribution in [0.25, 0.3) is 0 Å². The van der Waals surface area contributed by atoms with Gasteiger partial charge in [0.1, 0.15) is 11.6 Å². The van der Waals surface area contributed by atoms with Crippen LogP contribution >= 0.6 is 12.4 Å². The van der Waals surface area contributed by atoms with Gasteiger partial charge in [-0.2, -0.15) is 0 Å². The number of nitrogens with zero attached hydrogens (tertiary/aromatic N) is 4. The molecule has 0 unspecified atom stereocenters. The van der Waals surface area contributed by atoms with Gasteiger partial charge in [0.05, 0.1) is 19.6 Å². The van der Waals surface area contributed by atoms with Crippen molar-refractivity contribution in [3.05, 3.63) is 41.7 Å². The lowest BCUT2D eigenvalue weighted by atomic mass is 9.95. The Bertz CT molecular complexity index is 807. The lowest BCUT2D eigenvalue weighted by Gasteiger charge is -2.32. The number of nitrogens with one attached hydrogen (secondary N) is 1. The van der Waals surface area contributed by atoms with Crippen LogP contribution in [0, 0.1) is 5.82 Å². The molecule has 1 saturated heterocycles. The van der Waals surface area contributed by atoms with Crippen molar-refractivity contribution in [2.24, 2.45) is 0 Å². The van der Waals surface area contributed by atoms with Crippen LogP contribution < -0.4 is 10.1 Å². The molecule has 1 amide bonds. The molecular formula is C19H25ClFN5O2. The number of aromatic nitrogens is 3. The molecular weight excluding hydrogens is 385 g/mol. The van der Waals surface area contributed by atoms with E-state index < -0.39 is 5.82 Å². The maximum atomic E-state index is 13.5. The fourth-order valence-electron chi connectivity index (χ4n) is 3.77. The van der Waals surface area contributed by atoms with Crippen molar-refractivity contribution in [3.63, 3.8) is 0 Å². The predicted molar refractivity (Wildman–Crippen MR) is 104 cm³/mol. The lowest BCUT2D eigenvalue weighted by molar-refractivity contribution is -0.132. The largest absolute Gasteiger partial charge is 0.490 e. The number of hydrogen-bond acceptors (Lipinski definition) is 5. The molecule has 0 radical (unpaired) electrons. The fourth-order valence-corrected chi connectivity index (χ4v) is 3.77. The zero-order valence-electron chi connectivity index (χ0n) is 15.6. The summed E-state index contributed by atoms with van der Waals surface area (Å²) in [5.41, 5.74) is 0. The maximum absolute atomic E-state index is 13.5. The van der Waals surface area contributed by atoms with Crippen molar-refractivity contribution < 1.29 is 13.9 Å². The Kier molecular flexibility index (Phi) is 6.85. The van der Waals surface area contributed by atoms with Crippen molar-refractivity contribution in [2.75, 3.05) is 26.2 Å². The summed E-state index contributed by atoms with van der Waals surface area (Å²) >= 11 is 0. The molecule has 2 aliphatic rings. The van der Waals surface area contributed by atoms with Crippen molar-refractivity contribution in [2.45, 2.75) is 38.3 Å². The summed E-state index contributed by atoms with van der Waals surface area (Å²) in [6.07, 6.45) is 2.04. The molecule has 0 saturated carbocycles. The summed E-state index contributed by atoms with van der Waals surface area (Å²) in [5, 5.41) is 12.0. The first-order chi connectivity index (χ1) is 13.2. The molecule has 1 N–H and O–H groups in total. The van der Waals surface area contributed by atoms with Gasteiger partial charge in [0.25, 0.3) is 0 Å². The monoisotopic (exact) mass is 409 g/mol. The lowest BCUT2D eigenvalue weighted by Crippen LogP contribution is -2.39. The number of halogens is 2. The van der Waals surface area contributed by atoms with Crippen LogP contribution in [-0.4, -0.2) is 51.8 Å². The first-order valence-electron chi connectivity index (χ1n) is 9.50. The van der Waals surface area contributed by atoms with E-state index in [1.807, 2.05) is 4.90 Å². The fraction of sp³-hybridized carbons (Fsp3) is 0.526. The van der Waals surface area contributed by atoms with E-state index in [2.05, 4.69) is 20.1 Å². The van der Waals surface area contributed by atoms with Crippen LogP contribution in [0.1, 0.15) is 36.8 Å². The molecule has 1 fully saturated rings. The topological polar surface area (TPSA) is 72.3 Å². The van der Waals surface area contributed by atoms with Gasteiger partial charge in [-0.1, -0.05) is 12.1 Å². The van der Waals surface area contributed by atoms with Gasteiger partial charge in [-0.15, -0.1) is 22.6 Å². The quantitative estimate of drug-likeness (QED) is 0.818. The minimum Gasteiger partial charge on any atom is -0.490 e. The third kappa shape index (κ3) is 4.44. The normalized spacial score (nSPS) is 17.0. The van der Waals surface area contributed by atoms with E-state index in [1.54, 1.807) is 18.2 Å². The number of fused-ring (bicyclic) bond motifs is 1. The van der Waals surface area contributed by atoms with E-state index in [0.717, 1.165) is 44.1 Å². The highest BCUT2D eigenvalue weighted by atomic mass is 35.5. The van der Waals surface area contributed by atoms with Crippen molar-refractivity contribution in [3.8, 4) is 5.75 Å². The van der Waals surface area contributed by atoms with Crippen molar-refractivity contribution in [1.29, 1.82) is 0 Å². The first-order valence-corrected chi connectivity index (χ1v) is 9.50. The van der Waals surface area contributed by atoms with E-state index >= 15 is 0 Å². The number of likely N-dealkylation sites (tertiary alicyclic amines) is 1. The molecule has 152 valence electrons. The number of amides is 1. The van der Waals surface area contributed by atoms with Gasteiger partial charge in [0.15, 0.2) is 11.6 Å². The third-order valence-electron chi connectivity index (χ3n) is 5.27. The van der Waals surface area contributed by atoms with Crippen LogP contribution in [-0.2, 0) is 17.9 Å². The summed E-state index contributed by atoms with van der Waals surface area (Å²) in [6.45, 7) is 4.23. The highest BCUT2D eigenvalue weighted by molar-refractivity contribution is 5.85. The number of carbonyl (C=O) groups excluding carboxylic acids is 1. The highest BCUT2D eigenvalue weighted by Gasteiger charge is 2.28. The number of para-hydroxylation sites is 1. The molecule has 0 spiro atoms. The molecule has 1 aromatic heterocycles. The van der Waals surface area contributed by atoms with Crippen LogP contribution in [0.4, 0.5) is 4.39 Å². The highest BCUT2D eigenvalue weighted by Crippen LogP contribution is 2.28. The minimum atomic E-state index is -0.405. The summed E-state index contributed by atoms with van der Waals surface area (Å²) < 4.78 is 21.1. The zero-order chi connectivity index (χ0) is 18.6. The predicted octanol–water partition coefficient (Wildman–Crippen LogP) is 2.12. The van der Waals surface area contributed by atoms with Gasteiger partial charge < -0.3 is 19.5 Å². The third-order valence-corrected chi connectivity index (χ3v) is 5.27. The molecule has 0 bridgehead atoms. The van der Waals surface area contributed by atoms with E-state index in [9.17, 15) is 9.18 Å². The van der Waals surface area contributed by atoms with Crippen LogP contribution in [0.5, 0.6) is 5.75 Å². The number of piperidine rings is 1. The van der Waals surface area contributed by atoms with Crippen molar-refractivity contribution in [1.82, 2.24) is 25.0 Å². The molecule has 0 atom stereocenters. The molecule has 1 aromatic carbocycles. The number of benzene rings is 1. The Hall–Kier alpha value is -2.19. The summed E-state index contributed by atoms with van der Waals surface area (Å²) in [5.74, 6) is 2.24. The maximum Gasteiger partial charge on any atom is 0.225 e. The minimum absolute atomic E-state index is 0. The molecule has 7 nitrogen and oxygen atoms in total. The van der Waals surface area contributed by atoms with Crippen molar-refractivity contribution >= 4 is 18.3 Å². The van der Waals surface area contributed by atoms with E-state index in [-0.39, 0.29) is 37.1 Å². The van der Waals surface area contributed by atoms with Gasteiger partial charge in [0.2, 0.25) is 5.91 Å². The van der Waals surface area contributed by atoms with Gasteiger partial charge in [0, 0.05) is 32.1 Å². The van der Waals surface area contributed by atoms with Gasteiger partial charge >= 0.3 is 0 Å².